The van der Waals surface area contributed by atoms with Crippen molar-refractivity contribution in [1.82, 2.24) is 4.90 Å². The maximum absolute atomic E-state index is 10.7. The topological polar surface area (TPSA) is 106 Å². The average molecular weight is 315 g/mol. The molecule has 0 saturated carbocycles. The Kier molecular flexibility index (Phi) is 8.39. The van der Waals surface area contributed by atoms with Crippen LogP contribution >= 0.6 is 0 Å². The van der Waals surface area contributed by atoms with Crippen LogP contribution in [0.15, 0.2) is 12.1 Å². The molecule has 0 aliphatic heterocycles. The van der Waals surface area contributed by atoms with Crippen molar-refractivity contribution < 1.29 is 34.0 Å². The molecule has 1 aromatic rings. The molecule has 0 spiro atoms. The number of carboxylic acid groups (broad SMARTS) is 1. The van der Waals surface area contributed by atoms with Gasteiger partial charge in [-0.2, -0.15) is 0 Å². The Morgan fingerprint density at radius 1 is 1.14 bits per heavy atom. The monoisotopic (exact) mass is 315 g/mol. The van der Waals surface area contributed by atoms with Crippen molar-refractivity contribution in [3.8, 4) is 17.2 Å². The molecule has 8 heteroatoms. The van der Waals surface area contributed by atoms with E-state index in [2.05, 4.69) is 0 Å². The molecule has 0 aliphatic rings. The van der Waals surface area contributed by atoms with Crippen LogP contribution in [-0.4, -0.2) is 62.9 Å². The summed E-state index contributed by atoms with van der Waals surface area (Å²) in [4.78, 5) is 21.6. The fourth-order valence-electron chi connectivity index (χ4n) is 1.40. The van der Waals surface area contributed by atoms with Gasteiger partial charge in [-0.3, -0.25) is 4.79 Å². The quantitative estimate of drug-likeness (QED) is 0.738. The molecule has 124 valence electrons. The molecule has 1 amide bonds. The molecule has 0 aromatic heterocycles. The summed E-state index contributed by atoms with van der Waals surface area (Å²) in [6.07, 6.45) is -0.885. The van der Waals surface area contributed by atoms with Crippen LogP contribution in [-0.2, 0) is 9.59 Å². The first-order chi connectivity index (χ1) is 10.3. The fourth-order valence-corrected chi connectivity index (χ4v) is 1.40. The number of nitrogens with zero attached hydrogens (tertiary/aromatic N) is 1. The summed E-state index contributed by atoms with van der Waals surface area (Å²) in [7, 11) is 7.64. The standard InChI is InChI=1S/C11H14O6.C3H7NO/c1-15-7-4-6(9(12)11(13)14)5-8(16-2)10(7)17-3;1-4(2)3-5/h4-5,9,12H,1-3H3,(H,13,14);3H,1-2H3/t9-;/m1./s1. The summed E-state index contributed by atoms with van der Waals surface area (Å²) >= 11 is 0. The molecule has 0 aliphatic carbocycles. The number of carboxylic acids is 1. The van der Waals surface area contributed by atoms with Crippen molar-refractivity contribution in [2.24, 2.45) is 0 Å². The highest BCUT2D eigenvalue weighted by Crippen LogP contribution is 2.39. The predicted molar refractivity (Wildman–Crippen MR) is 78.4 cm³/mol. The molecular weight excluding hydrogens is 294 g/mol. The molecule has 0 radical (unpaired) electrons. The number of methoxy groups -OCH3 is 3. The van der Waals surface area contributed by atoms with E-state index in [1.54, 1.807) is 14.1 Å². The number of aliphatic hydroxyl groups is 1. The number of hydrogen-bond donors (Lipinski definition) is 2. The van der Waals surface area contributed by atoms with Crippen molar-refractivity contribution in [2.45, 2.75) is 6.10 Å². The van der Waals surface area contributed by atoms with Gasteiger partial charge in [0.25, 0.3) is 0 Å². The molecule has 8 nitrogen and oxygen atoms in total. The van der Waals surface area contributed by atoms with Crippen LogP contribution in [0.3, 0.4) is 0 Å². The summed E-state index contributed by atoms with van der Waals surface area (Å²) in [5.41, 5.74) is 0.159. The Morgan fingerprint density at radius 3 is 1.77 bits per heavy atom. The Labute approximate surface area is 128 Å². The van der Waals surface area contributed by atoms with E-state index in [1.807, 2.05) is 0 Å². The van der Waals surface area contributed by atoms with Gasteiger partial charge in [0.05, 0.1) is 21.3 Å². The fraction of sp³-hybridized carbons (Fsp3) is 0.429. The van der Waals surface area contributed by atoms with E-state index in [0.29, 0.717) is 17.2 Å². The molecule has 0 fully saturated rings. The van der Waals surface area contributed by atoms with E-state index in [1.165, 1.54) is 38.4 Å². The second kappa shape index (κ2) is 9.46. The third kappa shape index (κ3) is 5.49. The lowest BCUT2D eigenvalue weighted by molar-refractivity contribution is -0.147. The normalized spacial score (nSPS) is 10.6. The van der Waals surface area contributed by atoms with E-state index >= 15 is 0 Å². The maximum Gasteiger partial charge on any atom is 0.337 e. The number of aliphatic hydroxyl groups excluding tert-OH is 1. The van der Waals surface area contributed by atoms with Crippen LogP contribution in [0.5, 0.6) is 17.2 Å². The lowest BCUT2D eigenvalue weighted by Gasteiger charge is -2.15. The highest BCUT2D eigenvalue weighted by atomic mass is 16.5. The molecule has 0 unspecified atom stereocenters. The Balaban J connectivity index is 0.000000763. The largest absolute Gasteiger partial charge is 0.493 e. The first-order valence-corrected chi connectivity index (χ1v) is 6.14. The number of amides is 1. The molecule has 1 aromatic carbocycles. The van der Waals surface area contributed by atoms with E-state index in [0.717, 1.165) is 6.41 Å². The van der Waals surface area contributed by atoms with Crippen LogP contribution < -0.4 is 14.2 Å². The summed E-state index contributed by atoms with van der Waals surface area (Å²) in [5, 5.41) is 18.2. The second-order valence-corrected chi connectivity index (χ2v) is 4.27. The molecule has 1 atom stereocenters. The van der Waals surface area contributed by atoms with Crippen LogP contribution in [0, 0.1) is 0 Å². The molecule has 22 heavy (non-hydrogen) atoms. The van der Waals surface area contributed by atoms with Crippen molar-refractivity contribution >= 4 is 12.4 Å². The van der Waals surface area contributed by atoms with Gasteiger partial charge in [0, 0.05) is 14.1 Å². The van der Waals surface area contributed by atoms with Crippen LogP contribution in [0.2, 0.25) is 0 Å². The molecule has 1 rings (SSSR count). The van der Waals surface area contributed by atoms with Crippen LogP contribution in [0.1, 0.15) is 11.7 Å². The number of carbonyl (C=O) groups is 2. The lowest BCUT2D eigenvalue weighted by atomic mass is 10.1. The van der Waals surface area contributed by atoms with Crippen LogP contribution in [0.4, 0.5) is 0 Å². The third-order valence-corrected chi connectivity index (χ3v) is 2.45. The molecule has 0 bridgehead atoms. The van der Waals surface area contributed by atoms with Crippen molar-refractivity contribution in [3.63, 3.8) is 0 Å². The SMILES string of the molecule is CN(C)C=O.COc1cc([C@@H](O)C(=O)O)cc(OC)c1OC. The predicted octanol–water partition coefficient (Wildman–Crippen LogP) is 0.535. The van der Waals surface area contributed by atoms with Gasteiger partial charge >= 0.3 is 5.97 Å². The average Bonchev–Trinajstić information content (AvgIpc) is 2.52. The minimum Gasteiger partial charge on any atom is -0.493 e. The van der Waals surface area contributed by atoms with Crippen LogP contribution in [0.25, 0.3) is 0 Å². The van der Waals surface area contributed by atoms with E-state index in [-0.39, 0.29) is 5.56 Å². The Bertz CT molecular complexity index is 477. The zero-order valence-electron chi connectivity index (χ0n) is 13.2. The molecule has 0 saturated heterocycles. The lowest BCUT2D eigenvalue weighted by Crippen LogP contribution is -2.11. The first kappa shape index (κ1) is 19.5. The minimum absolute atomic E-state index is 0.159. The van der Waals surface area contributed by atoms with Gasteiger partial charge in [-0.15, -0.1) is 0 Å². The number of hydrogen-bond acceptors (Lipinski definition) is 6. The summed E-state index contributed by atoms with van der Waals surface area (Å²) in [6, 6.07) is 2.78. The van der Waals surface area contributed by atoms with Gasteiger partial charge in [0.1, 0.15) is 0 Å². The summed E-state index contributed by atoms with van der Waals surface area (Å²) in [6.45, 7) is 0. The van der Waals surface area contributed by atoms with Gasteiger partial charge in [0.15, 0.2) is 17.6 Å². The zero-order valence-corrected chi connectivity index (χ0v) is 13.2. The Morgan fingerprint density at radius 2 is 1.55 bits per heavy atom. The summed E-state index contributed by atoms with van der Waals surface area (Å²) < 4.78 is 15.2. The highest BCUT2D eigenvalue weighted by molar-refractivity contribution is 5.75. The second-order valence-electron chi connectivity index (χ2n) is 4.27. The van der Waals surface area contributed by atoms with Gasteiger partial charge in [-0.05, 0) is 17.7 Å². The smallest absolute Gasteiger partial charge is 0.337 e. The highest BCUT2D eigenvalue weighted by Gasteiger charge is 2.21. The first-order valence-electron chi connectivity index (χ1n) is 6.14. The van der Waals surface area contributed by atoms with Gasteiger partial charge in [-0.1, -0.05) is 0 Å². The van der Waals surface area contributed by atoms with Gasteiger partial charge < -0.3 is 29.3 Å². The Hall–Kier alpha value is -2.48. The van der Waals surface area contributed by atoms with Crippen molar-refractivity contribution in [2.75, 3.05) is 35.4 Å². The minimum atomic E-state index is -1.64. The van der Waals surface area contributed by atoms with Crippen molar-refractivity contribution in [1.29, 1.82) is 0 Å². The number of benzene rings is 1. The number of ether oxygens (including phenoxy) is 3. The molecular formula is C14H21NO7. The van der Waals surface area contributed by atoms with E-state index in [9.17, 15) is 14.7 Å². The van der Waals surface area contributed by atoms with E-state index < -0.39 is 12.1 Å². The molecule has 0 heterocycles. The van der Waals surface area contributed by atoms with E-state index in [4.69, 9.17) is 19.3 Å². The van der Waals surface area contributed by atoms with Gasteiger partial charge in [-0.25, -0.2) is 4.79 Å². The van der Waals surface area contributed by atoms with Crippen molar-refractivity contribution in [3.05, 3.63) is 17.7 Å². The number of rotatable bonds is 6. The zero-order chi connectivity index (χ0) is 17.3. The summed E-state index contributed by atoms with van der Waals surface area (Å²) in [5.74, 6) is -0.417. The number of aliphatic carboxylic acids is 1. The maximum atomic E-state index is 10.7. The van der Waals surface area contributed by atoms with Gasteiger partial charge in [0.2, 0.25) is 12.2 Å². The molecule has 2 N–H and O–H groups in total. The number of carbonyl (C=O) groups excluding carboxylic acids is 1. The third-order valence-electron chi connectivity index (χ3n) is 2.45.